The molecule has 88 valence electrons. The molecule has 2 unspecified atom stereocenters. The Morgan fingerprint density at radius 3 is 2.93 bits per heavy atom. The molecule has 15 heavy (non-hydrogen) atoms. The van der Waals surface area contributed by atoms with Gasteiger partial charge in [-0.15, -0.1) is 0 Å². The first-order valence-corrected chi connectivity index (χ1v) is 5.92. The van der Waals surface area contributed by atoms with Crippen LogP contribution in [0.5, 0.6) is 0 Å². The standard InChI is InChI=1S/C11H22N2O2/c1-2-9(6-8-14)13-11(15)10-5-3-4-7-12-10/h9-10,12,14H,2-8H2,1H3,(H,13,15). The number of rotatable bonds is 5. The smallest absolute Gasteiger partial charge is 0.237 e. The molecule has 1 fully saturated rings. The lowest BCUT2D eigenvalue weighted by Gasteiger charge is -2.25. The largest absolute Gasteiger partial charge is 0.396 e. The van der Waals surface area contributed by atoms with E-state index in [1.165, 1.54) is 0 Å². The zero-order chi connectivity index (χ0) is 11.1. The first-order chi connectivity index (χ1) is 7.27. The molecule has 4 nitrogen and oxygen atoms in total. The van der Waals surface area contributed by atoms with Gasteiger partial charge in [0.05, 0.1) is 6.04 Å². The van der Waals surface area contributed by atoms with Gasteiger partial charge in [-0.3, -0.25) is 4.79 Å². The van der Waals surface area contributed by atoms with Gasteiger partial charge in [-0.1, -0.05) is 13.3 Å². The number of aliphatic hydroxyl groups is 1. The first-order valence-electron chi connectivity index (χ1n) is 5.92. The minimum Gasteiger partial charge on any atom is -0.396 e. The van der Waals surface area contributed by atoms with E-state index in [0.29, 0.717) is 6.42 Å². The van der Waals surface area contributed by atoms with Crippen molar-refractivity contribution in [2.45, 2.75) is 51.1 Å². The summed E-state index contributed by atoms with van der Waals surface area (Å²) in [5.74, 6) is 0.0926. The Morgan fingerprint density at radius 1 is 1.60 bits per heavy atom. The van der Waals surface area contributed by atoms with Crippen molar-refractivity contribution in [3.05, 3.63) is 0 Å². The molecular weight excluding hydrogens is 192 g/mol. The van der Waals surface area contributed by atoms with E-state index in [2.05, 4.69) is 10.6 Å². The molecule has 0 aromatic carbocycles. The van der Waals surface area contributed by atoms with Gasteiger partial charge < -0.3 is 15.7 Å². The third-order valence-electron chi connectivity index (χ3n) is 2.94. The fourth-order valence-corrected chi connectivity index (χ4v) is 1.91. The number of carbonyl (C=O) groups is 1. The van der Waals surface area contributed by atoms with Crippen molar-refractivity contribution in [1.82, 2.24) is 10.6 Å². The first kappa shape index (κ1) is 12.5. The third kappa shape index (κ3) is 4.18. The van der Waals surface area contributed by atoms with E-state index in [1.807, 2.05) is 6.92 Å². The summed E-state index contributed by atoms with van der Waals surface area (Å²) in [7, 11) is 0. The summed E-state index contributed by atoms with van der Waals surface area (Å²) in [5.41, 5.74) is 0. The molecule has 0 spiro atoms. The van der Waals surface area contributed by atoms with E-state index in [1.54, 1.807) is 0 Å². The molecule has 0 aliphatic carbocycles. The zero-order valence-electron chi connectivity index (χ0n) is 9.46. The van der Waals surface area contributed by atoms with Crippen molar-refractivity contribution < 1.29 is 9.90 Å². The van der Waals surface area contributed by atoms with Gasteiger partial charge in [0.15, 0.2) is 0 Å². The molecule has 1 heterocycles. The topological polar surface area (TPSA) is 61.4 Å². The minimum atomic E-state index is -0.0218. The van der Waals surface area contributed by atoms with Gasteiger partial charge in [0, 0.05) is 12.6 Å². The van der Waals surface area contributed by atoms with Crippen molar-refractivity contribution in [3.63, 3.8) is 0 Å². The maximum Gasteiger partial charge on any atom is 0.237 e. The molecule has 1 amide bonds. The highest BCUT2D eigenvalue weighted by atomic mass is 16.3. The number of aliphatic hydroxyl groups excluding tert-OH is 1. The second-order valence-electron chi connectivity index (χ2n) is 4.13. The molecule has 0 aromatic rings. The van der Waals surface area contributed by atoms with Crippen molar-refractivity contribution >= 4 is 5.91 Å². The molecule has 1 aliphatic rings. The monoisotopic (exact) mass is 214 g/mol. The van der Waals surface area contributed by atoms with Gasteiger partial charge in [-0.2, -0.15) is 0 Å². The van der Waals surface area contributed by atoms with Gasteiger partial charge >= 0.3 is 0 Å². The van der Waals surface area contributed by atoms with Gasteiger partial charge in [-0.05, 0) is 32.2 Å². The Hall–Kier alpha value is -0.610. The lowest BCUT2D eigenvalue weighted by atomic mass is 10.0. The fraction of sp³-hybridized carbons (Fsp3) is 0.909. The highest BCUT2D eigenvalue weighted by Crippen LogP contribution is 2.07. The molecule has 2 atom stereocenters. The predicted octanol–water partition coefficient (Wildman–Crippen LogP) is 0.406. The van der Waals surface area contributed by atoms with Crippen LogP contribution in [-0.4, -0.2) is 36.2 Å². The van der Waals surface area contributed by atoms with Crippen molar-refractivity contribution in [2.24, 2.45) is 0 Å². The molecule has 3 N–H and O–H groups in total. The van der Waals surface area contributed by atoms with E-state index >= 15 is 0 Å². The second kappa shape index (κ2) is 6.80. The number of carbonyl (C=O) groups excluding carboxylic acids is 1. The lowest BCUT2D eigenvalue weighted by Crippen LogP contribution is -2.49. The van der Waals surface area contributed by atoms with E-state index in [9.17, 15) is 4.79 Å². The van der Waals surface area contributed by atoms with Crippen molar-refractivity contribution in [1.29, 1.82) is 0 Å². The van der Waals surface area contributed by atoms with E-state index in [0.717, 1.165) is 32.2 Å². The van der Waals surface area contributed by atoms with Crippen LogP contribution in [0, 0.1) is 0 Å². The van der Waals surface area contributed by atoms with Gasteiger partial charge in [0.1, 0.15) is 0 Å². The molecule has 1 saturated heterocycles. The Kier molecular flexibility index (Phi) is 5.65. The molecule has 0 saturated carbocycles. The van der Waals surface area contributed by atoms with E-state index in [-0.39, 0.29) is 24.6 Å². The quantitative estimate of drug-likeness (QED) is 0.621. The summed E-state index contributed by atoms with van der Waals surface area (Å²) >= 11 is 0. The maximum atomic E-state index is 11.8. The van der Waals surface area contributed by atoms with Crippen LogP contribution in [-0.2, 0) is 4.79 Å². The maximum absolute atomic E-state index is 11.8. The number of amides is 1. The van der Waals surface area contributed by atoms with Crippen LogP contribution in [0.25, 0.3) is 0 Å². The minimum absolute atomic E-state index is 0.0218. The van der Waals surface area contributed by atoms with Gasteiger partial charge in [0.2, 0.25) is 5.91 Å². The number of nitrogens with one attached hydrogen (secondary N) is 2. The van der Waals surface area contributed by atoms with Crippen LogP contribution in [0.4, 0.5) is 0 Å². The summed E-state index contributed by atoms with van der Waals surface area (Å²) in [6.45, 7) is 3.10. The number of piperidine rings is 1. The molecule has 1 aliphatic heterocycles. The third-order valence-corrected chi connectivity index (χ3v) is 2.94. The Bertz CT molecular complexity index is 191. The summed E-state index contributed by atoms with van der Waals surface area (Å²) in [4.78, 5) is 11.8. The second-order valence-corrected chi connectivity index (χ2v) is 4.13. The van der Waals surface area contributed by atoms with Crippen LogP contribution < -0.4 is 10.6 Å². The molecule has 0 bridgehead atoms. The summed E-state index contributed by atoms with van der Waals surface area (Å²) in [6, 6.07) is 0.0951. The van der Waals surface area contributed by atoms with E-state index in [4.69, 9.17) is 5.11 Å². The van der Waals surface area contributed by atoms with Crippen LogP contribution >= 0.6 is 0 Å². The summed E-state index contributed by atoms with van der Waals surface area (Å²) in [6.07, 6.45) is 4.74. The Morgan fingerprint density at radius 2 is 2.40 bits per heavy atom. The lowest BCUT2D eigenvalue weighted by molar-refractivity contribution is -0.124. The Labute approximate surface area is 91.4 Å². The zero-order valence-corrected chi connectivity index (χ0v) is 9.46. The average Bonchev–Trinajstić information content (AvgIpc) is 2.29. The molecular formula is C11H22N2O2. The highest BCUT2D eigenvalue weighted by molar-refractivity contribution is 5.82. The predicted molar refractivity (Wildman–Crippen MR) is 59.6 cm³/mol. The number of hydrogen-bond donors (Lipinski definition) is 3. The summed E-state index contributed by atoms with van der Waals surface area (Å²) in [5, 5.41) is 15.0. The van der Waals surface area contributed by atoms with Crippen LogP contribution in [0.2, 0.25) is 0 Å². The van der Waals surface area contributed by atoms with E-state index < -0.39 is 0 Å². The molecule has 1 rings (SSSR count). The Balaban J connectivity index is 2.31. The van der Waals surface area contributed by atoms with Crippen LogP contribution in [0.1, 0.15) is 39.0 Å². The summed E-state index contributed by atoms with van der Waals surface area (Å²) < 4.78 is 0. The van der Waals surface area contributed by atoms with Gasteiger partial charge in [0.25, 0.3) is 0 Å². The van der Waals surface area contributed by atoms with Crippen molar-refractivity contribution in [2.75, 3.05) is 13.2 Å². The number of hydrogen-bond acceptors (Lipinski definition) is 3. The van der Waals surface area contributed by atoms with Crippen LogP contribution in [0.15, 0.2) is 0 Å². The average molecular weight is 214 g/mol. The SMILES string of the molecule is CCC(CCO)NC(=O)C1CCCCN1. The fourth-order valence-electron chi connectivity index (χ4n) is 1.91. The normalized spacial score (nSPS) is 23.5. The molecule has 4 heteroatoms. The van der Waals surface area contributed by atoms with Crippen molar-refractivity contribution in [3.8, 4) is 0 Å². The van der Waals surface area contributed by atoms with Crippen LogP contribution in [0.3, 0.4) is 0 Å². The molecule has 0 radical (unpaired) electrons. The molecule has 0 aromatic heterocycles. The highest BCUT2D eigenvalue weighted by Gasteiger charge is 2.21. The van der Waals surface area contributed by atoms with Gasteiger partial charge in [-0.25, -0.2) is 0 Å².